The summed E-state index contributed by atoms with van der Waals surface area (Å²) in [6.45, 7) is 2.41. The standard InChI is InChI=1S/C16H16N2O2/c1-3-9-18-15(16(19)20-4-2)13-7-8-14-12(11-13)6-5-10-17-14/h1,5-8,10-11,15,18H,4,9H2,2H3. The molecule has 102 valence electrons. The fourth-order valence-corrected chi connectivity index (χ4v) is 2.00. The number of terminal acetylenes is 1. The lowest BCUT2D eigenvalue weighted by atomic mass is 10.0. The summed E-state index contributed by atoms with van der Waals surface area (Å²) >= 11 is 0. The first kappa shape index (κ1) is 14.0. The van der Waals surface area contributed by atoms with Crippen LogP contribution in [-0.4, -0.2) is 24.1 Å². The summed E-state index contributed by atoms with van der Waals surface area (Å²) in [4.78, 5) is 16.3. The summed E-state index contributed by atoms with van der Waals surface area (Å²) in [5.74, 6) is 2.14. The molecule has 0 saturated carbocycles. The molecule has 20 heavy (non-hydrogen) atoms. The Morgan fingerprint density at radius 3 is 3.10 bits per heavy atom. The predicted octanol–water partition coefficient (Wildman–Crippen LogP) is 2.06. The minimum absolute atomic E-state index is 0.300. The van der Waals surface area contributed by atoms with E-state index in [4.69, 9.17) is 11.2 Å². The highest BCUT2D eigenvalue weighted by molar-refractivity contribution is 5.83. The number of nitrogens with one attached hydrogen (secondary N) is 1. The van der Waals surface area contributed by atoms with Crippen LogP contribution in [0.1, 0.15) is 18.5 Å². The average Bonchev–Trinajstić information content (AvgIpc) is 2.48. The molecular weight excluding hydrogens is 252 g/mol. The third kappa shape index (κ3) is 3.14. The number of fused-ring (bicyclic) bond motifs is 1. The van der Waals surface area contributed by atoms with Crippen LogP contribution in [0.4, 0.5) is 0 Å². The van der Waals surface area contributed by atoms with Crippen LogP contribution in [0.25, 0.3) is 10.9 Å². The zero-order chi connectivity index (χ0) is 14.4. The molecule has 4 heteroatoms. The maximum absolute atomic E-state index is 12.0. The van der Waals surface area contributed by atoms with Crippen molar-refractivity contribution < 1.29 is 9.53 Å². The number of benzene rings is 1. The van der Waals surface area contributed by atoms with Crippen LogP contribution in [0.3, 0.4) is 0 Å². The Morgan fingerprint density at radius 1 is 1.50 bits per heavy atom. The van der Waals surface area contributed by atoms with Gasteiger partial charge in [0.1, 0.15) is 6.04 Å². The Hall–Kier alpha value is -2.38. The van der Waals surface area contributed by atoms with E-state index in [2.05, 4.69) is 16.2 Å². The number of nitrogens with zero attached hydrogens (tertiary/aromatic N) is 1. The summed E-state index contributed by atoms with van der Waals surface area (Å²) in [5, 5.41) is 3.98. The Kier molecular flexibility index (Phi) is 4.70. The summed E-state index contributed by atoms with van der Waals surface area (Å²) in [6.07, 6.45) is 6.98. The number of carbonyl (C=O) groups is 1. The molecule has 0 spiro atoms. The molecule has 0 aliphatic rings. The Bertz CT molecular complexity index is 646. The van der Waals surface area contributed by atoms with Crippen LogP contribution >= 0.6 is 0 Å². The lowest BCUT2D eigenvalue weighted by Crippen LogP contribution is -2.30. The fraction of sp³-hybridized carbons (Fsp3) is 0.250. The molecule has 1 N–H and O–H groups in total. The van der Waals surface area contributed by atoms with E-state index in [9.17, 15) is 4.79 Å². The van der Waals surface area contributed by atoms with Gasteiger partial charge in [-0.2, -0.15) is 0 Å². The third-order valence-electron chi connectivity index (χ3n) is 2.89. The van der Waals surface area contributed by atoms with E-state index in [-0.39, 0.29) is 5.97 Å². The van der Waals surface area contributed by atoms with Crippen molar-refractivity contribution in [1.29, 1.82) is 0 Å². The van der Waals surface area contributed by atoms with Crippen molar-refractivity contribution in [3.05, 3.63) is 42.1 Å². The van der Waals surface area contributed by atoms with Gasteiger partial charge in [0, 0.05) is 11.6 Å². The largest absolute Gasteiger partial charge is 0.465 e. The quantitative estimate of drug-likeness (QED) is 0.666. The molecule has 0 bridgehead atoms. The molecule has 2 aromatic rings. The monoisotopic (exact) mass is 268 g/mol. The van der Waals surface area contributed by atoms with Crippen molar-refractivity contribution in [1.82, 2.24) is 10.3 Å². The molecule has 1 aromatic carbocycles. The normalized spacial score (nSPS) is 11.8. The number of esters is 1. The number of pyridine rings is 1. The molecule has 0 saturated heterocycles. The summed E-state index contributed by atoms with van der Waals surface area (Å²) in [6, 6.07) is 8.92. The van der Waals surface area contributed by atoms with E-state index in [0.717, 1.165) is 16.5 Å². The highest BCUT2D eigenvalue weighted by atomic mass is 16.5. The lowest BCUT2D eigenvalue weighted by molar-refractivity contribution is -0.145. The molecule has 0 aliphatic heterocycles. The summed E-state index contributed by atoms with van der Waals surface area (Å²) < 4.78 is 5.08. The van der Waals surface area contributed by atoms with Gasteiger partial charge in [-0.05, 0) is 30.7 Å². The van der Waals surface area contributed by atoms with Gasteiger partial charge >= 0.3 is 5.97 Å². The number of hydrogen-bond acceptors (Lipinski definition) is 4. The molecule has 2 rings (SSSR count). The molecule has 0 radical (unpaired) electrons. The second-order valence-electron chi connectivity index (χ2n) is 4.23. The van der Waals surface area contributed by atoms with Gasteiger partial charge in [-0.15, -0.1) is 6.42 Å². The van der Waals surface area contributed by atoms with Gasteiger partial charge in [-0.25, -0.2) is 4.79 Å². The van der Waals surface area contributed by atoms with E-state index in [1.807, 2.05) is 30.3 Å². The SMILES string of the molecule is C#CCNC(C(=O)OCC)c1ccc2ncccc2c1. The first-order valence-electron chi connectivity index (χ1n) is 6.44. The maximum atomic E-state index is 12.0. The number of carbonyl (C=O) groups excluding carboxylic acids is 1. The Balaban J connectivity index is 2.34. The Labute approximate surface area is 118 Å². The van der Waals surface area contributed by atoms with E-state index >= 15 is 0 Å². The first-order valence-corrected chi connectivity index (χ1v) is 6.44. The number of hydrogen-bond donors (Lipinski definition) is 1. The maximum Gasteiger partial charge on any atom is 0.327 e. The molecule has 1 aromatic heterocycles. The van der Waals surface area contributed by atoms with Crippen LogP contribution in [0, 0.1) is 12.3 Å². The molecule has 0 aliphatic carbocycles. The fourth-order valence-electron chi connectivity index (χ4n) is 2.00. The smallest absolute Gasteiger partial charge is 0.327 e. The van der Waals surface area contributed by atoms with E-state index < -0.39 is 6.04 Å². The molecular formula is C16H16N2O2. The molecule has 0 amide bonds. The third-order valence-corrected chi connectivity index (χ3v) is 2.89. The van der Waals surface area contributed by atoms with Gasteiger partial charge in [0.15, 0.2) is 0 Å². The van der Waals surface area contributed by atoms with Gasteiger partial charge in [0.25, 0.3) is 0 Å². The van der Waals surface area contributed by atoms with Crippen molar-refractivity contribution in [2.45, 2.75) is 13.0 Å². The van der Waals surface area contributed by atoms with E-state index in [0.29, 0.717) is 13.2 Å². The first-order chi connectivity index (χ1) is 9.76. The number of ether oxygens (including phenoxy) is 1. The lowest BCUT2D eigenvalue weighted by Gasteiger charge is -2.16. The molecule has 1 unspecified atom stereocenters. The van der Waals surface area contributed by atoms with Gasteiger partial charge < -0.3 is 4.74 Å². The van der Waals surface area contributed by atoms with Crippen molar-refractivity contribution in [2.75, 3.05) is 13.2 Å². The zero-order valence-corrected chi connectivity index (χ0v) is 11.3. The Morgan fingerprint density at radius 2 is 2.35 bits per heavy atom. The van der Waals surface area contributed by atoms with E-state index in [1.165, 1.54) is 0 Å². The van der Waals surface area contributed by atoms with Crippen LogP contribution in [0.2, 0.25) is 0 Å². The van der Waals surface area contributed by atoms with Gasteiger partial charge in [-0.1, -0.05) is 18.1 Å². The summed E-state index contributed by atoms with van der Waals surface area (Å²) in [5.41, 5.74) is 1.70. The highest BCUT2D eigenvalue weighted by Gasteiger charge is 2.21. The summed E-state index contributed by atoms with van der Waals surface area (Å²) in [7, 11) is 0. The van der Waals surface area contributed by atoms with Gasteiger partial charge in [0.2, 0.25) is 0 Å². The minimum atomic E-state index is -0.560. The second-order valence-corrected chi connectivity index (χ2v) is 4.23. The van der Waals surface area contributed by atoms with Crippen LogP contribution in [0.15, 0.2) is 36.5 Å². The molecule has 1 heterocycles. The second kappa shape index (κ2) is 6.69. The van der Waals surface area contributed by atoms with Crippen molar-refractivity contribution in [2.24, 2.45) is 0 Å². The molecule has 0 fully saturated rings. The van der Waals surface area contributed by atoms with Crippen LogP contribution in [0.5, 0.6) is 0 Å². The minimum Gasteiger partial charge on any atom is -0.465 e. The zero-order valence-electron chi connectivity index (χ0n) is 11.3. The molecule has 4 nitrogen and oxygen atoms in total. The molecule has 1 atom stereocenters. The van der Waals surface area contributed by atoms with Gasteiger partial charge in [-0.3, -0.25) is 10.3 Å². The predicted molar refractivity (Wildman–Crippen MR) is 78.0 cm³/mol. The van der Waals surface area contributed by atoms with Crippen molar-refractivity contribution >= 4 is 16.9 Å². The number of aromatic nitrogens is 1. The van der Waals surface area contributed by atoms with Crippen molar-refractivity contribution in [3.63, 3.8) is 0 Å². The van der Waals surface area contributed by atoms with Crippen molar-refractivity contribution in [3.8, 4) is 12.3 Å². The highest BCUT2D eigenvalue weighted by Crippen LogP contribution is 2.20. The van der Waals surface area contributed by atoms with Crippen LogP contribution in [-0.2, 0) is 9.53 Å². The van der Waals surface area contributed by atoms with Gasteiger partial charge in [0.05, 0.1) is 18.7 Å². The van der Waals surface area contributed by atoms with E-state index in [1.54, 1.807) is 13.1 Å². The number of rotatable bonds is 5. The average molecular weight is 268 g/mol. The van der Waals surface area contributed by atoms with Crippen LogP contribution < -0.4 is 5.32 Å². The topological polar surface area (TPSA) is 51.2 Å².